The number of aromatic nitrogens is 5. The normalized spacial score (nSPS) is 13.4. The SMILES string of the molecule is O=C(Nc1cccc(-c2nnnn2C2CC2)c1)c1cc(-c2ccco2)nc2ccccc12. The zero-order chi connectivity index (χ0) is 21.5. The van der Waals surface area contributed by atoms with Gasteiger partial charge in [-0.05, 0) is 59.7 Å². The molecule has 8 nitrogen and oxygen atoms in total. The number of hydrogen-bond donors (Lipinski definition) is 1. The van der Waals surface area contributed by atoms with Gasteiger partial charge in [0.15, 0.2) is 11.6 Å². The van der Waals surface area contributed by atoms with E-state index in [-0.39, 0.29) is 5.91 Å². The van der Waals surface area contributed by atoms with Crippen molar-refractivity contribution in [1.29, 1.82) is 0 Å². The van der Waals surface area contributed by atoms with Crippen LogP contribution in [0.5, 0.6) is 0 Å². The largest absolute Gasteiger partial charge is 0.463 e. The third kappa shape index (κ3) is 3.31. The highest BCUT2D eigenvalue weighted by Crippen LogP contribution is 2.37. The lowest BCUT2D eigenvalue weighted by Crippen LogP contribution is -2.13. The summed E-state index contributed by atoms with van der Waals surface area (Å²) in [4.78, 5) is 18.0. The predicted molar refractivity (Wildman–Crippen MR) is 119 cm³/mol. The van der Waals surface area contributed by atoms with Crippen molar-refractivity contribution in [2.24, 2.45) is 0 Å². The van der Waals surface area contributed by atoms with Gasteiger partial charge < -0.3 is 9.73 Å². The maximum absolute atomic E-state index is 13.3. The van der Waals surface area contributed by atoms with E-state index in [1.54, 1.807) is 18.4 Å². The quantitative estimate of drug-likeness (QED) is 0.439. The fourth-order valence-corrected chi connectivity index (χ4v) is 3.80. The summed E-state index contributed by atoms with van der Waals surface area (Å²) >= 11 is 0. The molecule has 32 heavy (non-hydrogen) atoms. The van der Waals surface area contributed by atoms with Crippen LogP contribution < -0.4 is 5.32 Å². The van der Waals surface area contributed by atoms with E-state index in [0.717, 1.165) is 29.3 Å². The Labute approximate surface area is 182 Å². The molecule has 0 atom stereocenters. The molecule has 0 radical (unpaired) electrons. The van der Waals surface area contributed by atoms with Crippen LogP contribution in [-0.2, 0) is 0 Å². The van der Waals surface area contributed by atoms with Gasteiger partial charge in [-0.25, -0.2) is 9.67 Å². The number of fused-ring (bicyclic) bond motifs is 1. The first-order valence-corrected chi connectivity index (χ1v) is 10.4. The molecule has 0 saturated heterocycles. The van der Waals surface area contributed by atoms with Gasteiger partial charge in [-0.2, -0.15) is 0 Å². The topological polar surface area (TPSA) is 98.7 Å². The summed E-state index contributed by atoms with van der Waals surface area (Å²) in [6, 6.07) is 20.9. The van der Waals surface area contributed by atoms with Gasteiger partial charge >= 0.3 is 0 Å². The summed E-state index contributed by atoms with van der Waals surface area (Å²) < 4.78 is 7.35. The Morgan fingerprint density at radius 3 is 2.78 bits per heavy atom. The minimum absolute atomic E-state index is 0.227. The fourth-order valence-electron chi connectivity index (χ4n) is 3.80. The first-order valence-electron chi connectivity index (χ1n) is 10.4. The Kier molecular flexibility index (Phi) is 4.28. The summed E-state index contributed by atoms with van der Waals surface area (Å²) in [6.45, 7) is 0. The molecule has 0 spiro atoms. The van der Waals surface area contributed by atoms with Crippen LogP contribution >= 0.6 is 0 Å². The number of nitrogens with one attached hydrogen (secondary N) is 1. The highest BCUT2D eigenvalue weighted by molar-refractivity contribution is 6.13. The van der Waals surface area contributed by atoms with Gasteiger partial charge in [-0.3, -0.25) is 4.79 Å². The predicted octanol–water partition coefficient (Wildman–Crippen LogP) is 4.74. The van der Waals surface area contributed by atoms with E-state index in [1.165, 1.54) is 0 Å². The summed E-state index contributed by atoms with van der Waals surface area (Å²) in [6.07, 6.45) is 3.76. The Bertz CT molecular complexity index is 1440. The average molecular weight is 422 g/mol. The second-order valence-corrected chi connectivity index (χ2v) is 7.76. The molecule has 1 fully saturated rings. The lowest BCUT2D eigenvalue weighted by molar-refractivity contribution is 0.102. The van der Waals surface area contributed by atoms with E-state index >= 15 is 0 Å². The number of hydrogen-bond acceptors (Lipinski definition) is 6. The lowest BCUT2D eigenvalue weighted by Gasteiger charge is -2.11. The maximum atomic E-state index is 13.3. The molecule has 2 aromatic carbocycles. The Morgan fingerprint density at radius 2 is 1.94 bits per heavy atom. The van der Waals surface area contributed by atoms with E-state index in [4.69, 9.17) is 4.42 Å². The molecule has 0 unspecified atom stereocenters. The molecule has 156 valence electrons. The molecule has 5 aromatic rings. The number of furan rings is 1. The first kappa shape index (κ1) is 18.4. The molecule has 3 aromatic heterocycles. The number of nitrogens with zero attached hydrogens (tertiary/aromatic N) is 5. The molecule has 0 bridgehead atoms. The van der Waals surface area contributed by atoms with Crippen LogP contribution in [0.4, 0.5) is 5.69 Å². The van der Waals surface area contributed by atoms with E-state index in [0.29, 0.717) is 34.6 Å². The Hall–Kier alpha value is -4.33. The van der Waals surface area contributed by atoms with Crippen LogP contribution in [0.25, 0.3) is 33.7 Å². The average Bonchev–Trinajstić information content (AvgIpc) is 3.31. The number of amides is 1. The third-order valence-corrected chi connectivity index (χ3v) is 5.50. The summed E-state index contributed by atoms with van der Waals surface area (Å²) in [7, 11) is 0. The minimum Gasteiger partial charge on any atom is -0.463 e. The van der Waals surface area contributed by atoms with Crippen LogP contribution in [0.3, 0.4) is 0 Å². The summed E-state index contributed by atoms with van der Waals surface area (Å²) in [5, 5.41) is 15.9. The molecule has 1 N–H and O–H groups in total. The lowest BCUT2D eigenvalue weighted by atomic mass is 10.1. The number of pyridine rings is 1. The summed E-state index contributed by atoms with van der Waals surface area (Å²) in [5.74, 6) is 1.09. The smallest absolute Gasteiger partial charge is 0.256 e. The number of rotatable bonds is 5. The molecule has 8 heteroatoms. The van der Waals surface area contributed by atoms with Crippen LogP contribution in [0.1, 0.15) is 29.2 Å². The highest BCUT2D eigenvalue weighted by atomic mass is 16.3. The third-order valence-electron chi connectivity index (χ3n) is 5.50. The van der Waals surface area contributed by atoms with Gasteiger partial charge in [0, 0.05) is 16.6 Å². The second-order valence-electron chi connectivity index (χ2n) is 7.76. The number of para-hydroxylation sites is 1. The van der Waals surface area contributed by atoms with Crippen molar-refractivity contribution >= 4 is 22.5 Å². The first-order chi connectivity index (χ1) is 15.8. The van der Waals surface area contributed by atoms with E-state index in [2.05, 4.69) is 25.8 Å². The monoisotopic (exact) mass is 422 g/mol. The molecule has 1 saturated carbocycles. The minimum atomic E-state index is -0.227. The van der Waals surface area contributed by atoms with E-state index < -0.39 is 0 Å². The number of benzene rings is 2. The van der Waals surface area contributed by atoms with Crippen molar-refractivity contribution in [2.45, 2.75) is 18.9 Å². The highest BCUT2D eigenvalue weighted by Gasteiger charge is 2.28. The van der Waals surface area contributed by atoms with Gasteiger partial charge in [-0.15, -0.1) is 5.10 Å². The number of carbonyl (C=O) groups excluding carboxylic acids is 1. The van der Waals surface area contributed by atoms with Gasteiger partial charge in [0.05, 0.1) is 23.4 Å². The Balaban J connectivity index is 1.36. The maximum Gasteiger partial charge on any atom is 0.256 e. The van der Waals surface area contributed by atoms with Gasteiger partial charge in [0.2, 0.25) is 0 Å². The number of anilines is 1. The van der Waals surface area contributed by atoms with Crippen molar-refractivity contribution < 1.29 is 9.21 Å². The van der Waals surface area contributed by atoms with Crippen LogP contribution in [0.2, 0.25) is 0 Å². The molecule has 1 amide bonds. The molecular formula is C24H18N6O2. The van der Waals surface area contributed by atoms with E-state index in [1.807, 2.05) is 59.3 Å². The van der Waals surface area contributed by atoms with E-state index in [9.17, 15) is 4.79 Å². The molecule has 1 aliphatic rings. The molecular weight excluding hydrogens is 404 g/mol. The molecule has 6 rings (SSSR count). The van der Waals surface area contributed by atoms with Gasteiger partial charge in [0.25, 0.3) is 5.91 Å². The van der Waals surface area contributed by atoms with Crippen LogP contribution in [0, 0.1) is 0 Å². The standard InChI is InChI=1S/C24H18N6O2/c31-24(19-14-21(22-9-4-12-32-22)26-20-8-2-1-7-18(19)20)25-16-6-3-5-15(13-16)23-27-28-29-30(23)17-10-11-17/h1-9,12-14,17H,10-11H2,(H,25,31). The molecule has 0 aliphatic heterocycles. The van der Waals surface area contributed by atoms with Crippen LogP contribution in [0.15, 0.2) is 77.4 Å². The zero-order valence-corrected chi connectivity index (χ0v) is 17.0. The van der Waals surface area contributed by atoms with Crippen molar-refractivity contribution in [3.05, 3.63) is 78.6 Å². The van der Waals surface area contributed by atoms with Crippen molar-refractivity contribution in [1.82, 2.24) is 25.2 Å². The number of tetrazole rings is 1. The van der Waals surface area contributed by atoms with Crippen molar-refractivity contribution in [3.63, 3.8) is 0 Å². The fraction of sp³-hybridized carbons (Fsp3) is 0.125. The van der Waals surface area contributed by atoms with Crippen LogP contribution in [-0.4, -0.2) is 31.1 Å². The van der Waals surface area contributed by atoms with Gasteiger partial charge in [-0.1, -0.05) is 30.3 Å². The van der Waals surface area contributed by atoms with Crippen molar-refractivity contribution in [3.8, 4) is 22.8 Å². The Morgan fingerprint density at radius 1 is 1.03 bits per heavy atom. The number of carbonyl (C=O) groups is 1. The molecule has 1 aliphatic carbocycles. The van der Waals surface area contributed by atoms with Gasteiger partial charge in [0.1, 0.15) is 5.69 Å². The second kappa shape index (κ2) is 7.42. The van der Waals surface area contributed by atoms with Crippen molar-refractivity contribution in [2.75, 3.05) is 5.32 Å². The summed E-state index contributed by atoms with van der Waals surface area (Å²) in [5.41, 5.74) is 3.38. The zero-order valence-electron chi connectivity index (χ0n) is 17.0. The molecule has 3 heterocycles.